The summed E-state index contributed by atoms with van der Waals surface area (Å²) in [6, 6.07) is 10.9. The molecule has 214 valence electrons. The van der Waals surface area contributed by atoms with Crippen LogP contribution in [0.2, 0.25) is 0 Å². The molecule has 3 heteroatoms. The Morgan fingerprint density at radius 1 is 0.641 bits per heavy atom. The van der Waals surface area contributed by atoms with Gasteiger partial charge in [0.25, 0.3) is 0 Å². The average Bonchev–Trinajstić information content (AvgIpc) is 2.95. The van der Waals surface area contributed by atoms with Crippen molar-refractivity contribution in [2.45, 2.75) is 129 Å². The number of hydrogen-bond acceptors (Lipinski definition) is 0. The molecule has 3 rings (SSSR count). The highest BCUT2D eigenvalue weighted by atomic mass is 19.2. The molecule has 0 nitrogen and oxygen atoms in total. The van der Waals surface area contributed by atoms with E-state index in [9.17, 15) is 0 Å². The molecule has 0 aliphatic heterocycles. The molecule has 0 saturated heterocycles. The second kappa shape index (κ2) is 16.7. The van der Waals surface area contributed by atoms with Crippen molar-refractivity contribution in [3.8, 4) is 0 Å². The second-order valence-corrected chi connectivity index (χ2v) is 11.4. The monoisotopic (exact) mass is 538 g/mol. The van der Waals surface area contributed by atoms with Crippen LogP contribution in [0.3, 0.4) is 0 Å². The van der Waals surface area contributed by atoms with Crippen LogP contribution in [-0.4, -0.2) is 0 Å². The van der Waals surface area contributed by atoms with E-state index in [1.165, 1.54) is 69.8 Å². The molecule has 0 saturated carbocycles. The molecule has 0 heterocycles. The van der Waals surface area contributed by atoms with Crippen molar-refractivity contribution in [2.75, 3.05) is 0 Å². The van der Waals surface area contributed by atoms with E-state index in [-0.39, 0.29) is 17.6 Å². The summed E-state index contributed by atoms with van der Waals surface area (Å²) in [6.45, 7) is 4.43. The van der Waals surface area contributed by atoms with Crippen molar-refractivity contribution in [1.82, 2.24) is 0 Å². The molecule has 0 N–H and O–H groups in total. The zero-order valence-corrected chi connectivity index (χ0v) is 24.4. The molecule has 2 aromatic rings. The fourth-order valence-corrected chi connectivity index (χ4v) is 5.70. The van der Waals surface area contributed by atoms with Crippen LogP contribution in [0.15, 0.2) is 54.6 Å². The smallest absolute Gasteiger partial charge is 0.166 e. The largest absolute Gasteiger partial charge is 0.233 e. The first kappa shape index (κ1) is 31.2. The van der Waals surface area contributed by atoms with Gasteiger partial charge in [-0.05, 0) is 42.4 Å². The average molecular weight is 539 g/mol. The number of unbranched alkanes of at least 4 members (excludes halogenated alkanes) is 12. The summed E-state index contributed by atoms with van der Waals surface area (Å²) in [5.41, 5.74) is 0.405. The van der Waals surface area contributed by atoms with Crippen molar-refractivity contribution < 1.29 is 13.2 Å². The van der Waals surface area contributed by atoms with Gasteiger partial charge < -0.3 is 0 Å². The number of halogens is 3. The van der Waals surface area contributed by atoms with Gasteiger partial charge in [0.05, 0.1) is 0 Å². The molecule has 0 spiro atoms. The van der Waals surface area contributed by atoms with Crippen LogP contribution < -0.4 is 0 Å². The molecule has 0 bridgehead atoms. The van der Waals surface area contributed by atoms with Gasteiger partial charge in [-0.3, -0.25) is 0 Å². The summed E-state index contributed by atoms with van der Waals surface area (Å²) in [5.74, 6) is -1.77. The lowest BCUT2D eigenvalue weighted by Gasteiger charge is -2.30. The van der Waals surface area contributed by atoms with Crippen LogP contribution in [0.5, 0.6) is 0 Å². The van der Waals surface area contributed by atoms with Gasteiger partial charge in [-0.1, -0.05) is 146 Å². The molecule has 1 atom stereocenters. The van der Waals surface area contributed by atoms with Gasteiger partial charge in [-0.15, -0.1) is 0 Å². The van der Waals surface area contributed by atoms with Crippen LogP contribution in [0.4, 0.5) is 13.2 Å². The first-order chi connectivity index (χ1) is 19.0. The third-order valence-electron chi connectivity index (χ3n) is 8.21. The minimum atomic E-state index is -1.89. The van der Waals surface area contributed by atoms with E-state index in [2.05, 4.69) is 13.8 Å². The molecular weight excluding hydrogens is 489 g/mol. The lowest BCUT2D eigenvalue weighted by Crippen LogP contribution is -2.24. The normalized spacial score (nSPS) is 17.0. The maximum atomic E-state index is 16.6. The van der Waals surface area contributed by atoms with Crippen molar-refractivity contribution in [2.24, 2.45) is 0 Å². The third-order valence-corrected chi connectivity index (χ3v) is 8.21. The minimum Gasteiger partial charge on any atom is -0.233 e. The van der Waals surface area contributed by atoms with Crippen LogP contribution in [-0.2, 0) is 18.5 Å². The SMILES string of the molecule is CCCCCCCCCc1ccc(C2(F)CC=CC=C2c2ccc(CCCCCCCCC)c(F)c2F)cc1. The third kappa shape index (κ3) is 9.12. The van der Waals surface area contributed by atoms with Crippen molar-refractivity contribution in [3.63, 3.8) is 0 Å². The molecule has 1 aliphatic carbocycles. The van der Waals surface area contributed by atoms with Crippen molar-refractivity contribution in [1.29, 1.82) is 0 Å². The molecule has 0 amide bonds. The Bertz CT molecular complexity index is 1050. The Balaban J connectivity index is 1.62. The number of benzene rings is 2. The van der Waals surface area contributed by atoms with Crippen molar-refractivity contribution in [3.05, 3.63) is 88.5 Å². The first-order valence-corrected chi connectivity index (χ1v) is 15.6. The number of allylic oxidation sites excluding steroid dienone is 4. The Labute approximate surface area is 235 Å². The number of alkyl halides is 1. The zero-order chi connectivity index (χ0) is 27.9. The molecule has 1 aliphatic rings. The summed E-state index contributed by atoms with van der Waals surface area (Å²) in [4.78, 5) is 0. The molecule has 0 radical (unpaired) electrons. The fraction of sp³-hybridized carbons (Fsp3) is 0.556. The van der Waals surface area contributed by atoms with Gasteiger partial charge in [0, 0.05) is 17.6 Å². The van der Waals surface area contributed by atoms with Gasteiger partial charge >= 0.3 is 0 Å². The predicted octanol–water partition coefficient (Wildman–Crippen LogP) is 11.8. The van der Waals surface area contributed by atoms with Gasteiger partial charge in [0.1, 0.15) is 0 Å². The Morgan fingerprint density at radius 2 is 1.21 bits per heavy atom. The van der Waals surface area contributed by atoms with Crippen LogP contribution in [0.25, 0.3) is 5.57 Å². The molecule has 39 heavy (non-hydrogen) atoms. The summed E-state index contributed by atoms with van der Waals surface area (Å²) < 4.78 is 47.1. The highest BCUT2D eigenvalue weighted by molar-refractivity contribution is 5.77. The zero-order valence-electron chi connectivity index (χ0n) is 24.4. The Morgan fingerprint density at radius 3 is 1.82 bits per heavy atom. The Kier molecular flexibility index (Phi) is 13.4. The van der Waals surface area contributed by atoms with Crippen LogP contribution in [0, 0.1) is 11.6 Å². The maximum Gasteiger partial charge on any atom is 0.166 e. The number of hydrogen-bond donors (Lipinski definition) is 0. The van der Waals surface area contributed by atoms with Gasteiger partial charge in [-0.25, -0.2) is 13.2 Å². The predicted molar refractivity (Wildman–Crippen MR) is 161 cm³/mol. The lowest BCUT2D eigenvalue weighted by molar-refractivity contribution is 0.248. The number of aryl methyl sites for hydroxylation is 2. The van der Waals surface area contributed by atoms with E-state index in [4.69, 9.17) is 0 Å². The summed E-state index contributed by atoms with van der Waals surface area (Å²) >= 11 is 0. The summed E-state index contributed by atoms with van der Waals surface area (Å²) in [5, 5.41) is 0. The maximum absolute atomic E-state index is 16.6. The highest BCUT2D eigenvalue weighted by Crippen LogP contribution is 2.46. The number of rotatable bonds is 18. The molecule has 0 aromatic heterocycles. The van der Waals surface area contributed by atoms with E-state index < -0.39 is 17.3 Å². The van der Waals surface area contributed by atoms with Crippen molar-refractivity contribution >= 4 is 5.57 Å². The fourth-order valence-electron chi connectivity index (χ4n) is 5.70. The highest BCUT2D eigenvalue weighted by Gasteiger charge is 2.39. The minimum absolute atomic E-state index is 0.0230. The second-order valence-electron chi connectivity index (χ2n) is 11.4. The van der Waals surface area contributed by atoms with Crippen LogP contribution in [0.1, 0.15) is 132 Å². The molecule has 1 unspecified atom stereocenters. The van der Waals surface area contributed by atoms with E-state index in [1.807, 2.05) is 24.3 Å². The van der Waals surface area contributed by atoms with Gasteiger partial charge in [0.2, 0.25) is 0 Å². The van der Waals surface area contributed by atoms with Gasteiger partial charge in [-0.2, -0.15) is 0 Å². The van der Waals surface area contributed by atoms with E-state index in [1.54, 1.807) is 30.4 Å². The topological polar surface area (TPSA) is 0 Å². The van der Waals surface area contributed by atoms with E-state index in [0.29, 0.717) is 17.5 Å². The standard InChI is InChI=1S/C36H49F3/c1-3-5-7-9-11-13-15-19-29-22-25-31(26-23-29)36(39)28-18-17-21-33(36)32-27-24-30(34(37)35(32)38)20-16-14-12-10-8-6-4-2/h17-18,21-27H,3-16,19-20,28H2,1-2H3. The summed E-state index contributed by atoms with van der Waals surface area (Å²) in [6.07, 6.45) is 23.4. The molecule has 2 aromatic carbocycles. The quantitative estimate of drug-likeness (QED) is 0.166. The summed E-state index contributed by atoms with van der Waals surface area (Å²) in [7, 11) is 0. The van der Waals surface area contributed by atoms with Gasteiger partial charge in [0.15, 0.2) is 17.3 Å². The first-order valence-electron chi connectivity index (χ1n) is 15.6. The Hall–Kier alpha value is -2.29. The van der Waals surface area contributed by atoms with E-state index >= 15 is 13.2 Å². The van der Waals surface area contributed by atoms with E-state index in [0.717, 1.165) is 32.1 Å². The molecular formula is C36H49F3. The lowest BCUT2D eigenvalue weighted by atomic mass is 9.78. The van der Waals surface area contributed by atoms with Crippen LogP contribution >= 0.6 is 0 Å². The molecule has 0 fully saturated rings.